The van der Waals surface area contributed by atoms with Gasteiger partial charge < -0.3 is 10.8 Å². The molecular weight excluding hydrogens is 204 g/mol. The quantitative estimate of drug-likeness (QED) is 0.762. The molecule has 4 nitrogen and oxygen atoms in total. The van der Waals surface area contributed by atoms with E-state index in [1.54, 1.807) is 0 Å². The highest BCUT2D eigenvalue weighted by atomic mass is 16.4. The van der Waals surface area contributed by atoms with E-state index in [0.717, 1.165) is 0 Å². The first kappa shape index (κ1) is 12.6. The summed E-state index contributed by atoms with van der Waals surface area (Å²) in [4.78, 5) is 13.8. The Morgan fingerprint density at radius 3 is 2.12 bits per heavy atom. The van der Waals surface area contributed by atoms with Gasteiger partial charge in [0.2, 0.25) is 0 Å². The van der Waals surface area contributed by atoms with Crippen LogP contribution in [0.5, 0.6) is 0 Å². The molecule has 4 heteroatoms. The van der Waals surface area contributed by atoms with Crippen molar-refractivity contribution in [2.45, 2.75) is 38.1 Å². The molecule has 0 bridgehead atoms. The summed E-state index contributed by atoms with van der Waals surface area (Å²) < 4.78 is 0. The Hall–Kier alpha value is -1.42. The smallest absolute Gasteiger partial charge is 0.335 e. The van der Waals surface area contributed by atoms with E-state index in [0.29, 0.717) is 6.04 Å². The standard InChI is InChI=1S/C6H5NO2.C6H13N/c8-6(9)5-1-3-7-4-2-5;7-6-4-2-1-3-5-6/h1-4H,(H,8,9);6H,1-5,7H2. The lowest BCUT2D eigenvalue weighted by molar-refractivity contribution is 0.0697. The maximum absolute atomic E-state index is 10.2. The molecule has 1 aliphatic carbocycles. The lowest BCUT2D eigenvalue weighted by Crippen LogP contribution is -2.22. The molecule has 0 saturated heterocycles. The summed E-state index contributed by atoms with van der Waals surface area (Å²) in [6.45, 7) is 0. The second-order valence-corrected chi connectivity index (χ2v) is 3.94. The Morgan fingerprint density at radius 2 is 1.81 bits per heavy atom. The minimum absolute atomic E-state index is 0.269. The first-order valence-corrected chi connectivity index (χ1v) is 5.59. The molecule has 0 spiro atoms. The van der Waals surface area contributed by atoms with Gasteiger partial charge >= 0.3 is 5.97 Å². The molecule has 1 heterocycles. The van der Waals surface area contributed by atoms with Crippen LogP contribution < -0.4 is 5.73 Å². The fraction of sp³-hybridized carbons (Fsp3) is 0.500. The fourth-order valence-corrected chi connectivity index (χ4v) is 1.63. The minimum Gasteiger partial charge on any atom is -0.478 e. The number of carboxylic acid groups (broad SMARTS) is 1. The van der Waals surface area contributed by atoms with Gasteiger partial charge in [0.15, 0.2) is 0 Å². The highest BCUT2D eigenvalue weighted by Crippen LogP contribution is 2.14. The van der Waals surface area contributed by atoms with Crippen molar-refractivity contribution >= 4 is 5.97 Å². The zero-order valence-electron chi connectivity index (χ0n) is 9.30. The molecule has 1 fully saturated rings. The van der Waals surface area contributed by atoms with Gasteiger partial charge in [-0.15, -0.1) is 0 Å². The van der Waals surface area contributed by atoms with Crippen molar-refractivity contribution in [3.05, 3.63) is 30.1 Å². The summed E-state index contributed by atoms with van der Waals surface area (Å²) >= 11 is 0. The first-order chi connectivity index (χ1) is 7.70. The molecule has 1 aromatic heterocycles. The van der Waals surface area contributed by atoms with Crippen LogP contribution in [0, 0.1) is 0 Å². The fourth-order valence-electron chi connectivity index (χ4n) is 1.63. The molecule has 0 radical (unpaired) electrons. The predicted molar refractivity (Wildman–Crippen MR) is 62.3 cm³/mol. The molecule has 0 unspecified atom stereocenters. The number of nitrogens with two attached hydrogens (primary N) is 1. The molecule has 0 aromatic carbocycles. The summed E-state index contributed by atoms with van der Waals surface area (Å²) in [6, 6.07) is 3.43. The lowest BCUT2D eigenvalue weighted by atomic mass is 9.97. The molecule has 88 valence electrons. The van der Waals surface area contributed by atoms with Gasteiger partial charge in [0.1, 0.15) is 0 Å². The summed E-state index contributed by atoms with van der Waals surface area (Å²) in [5.74, 6) is -0.919. The van der Waals surface area contributed by atoms with Crippen molar-refractivity contribution in [1.29, 1.82) is 0 Å². The average Bonchev–Trinajstić information content (AvgIpc) is 2.32. The average molecular weight is 222 g/mol. The number of carbonyl (C=O) groups is 1. The van der Waals surface area contributed by atoms with Gasteiger partial charge in [0, 0.05) is 18.4 Å². The molecule has 1 aromatic rings. The van der Waals surface area contributed by atoms with Crippen molar-refractivity contribution in [2.24, 2.45) is 5.73 Å². The second kappa shape index (κ2) is 6.95. The van der Waals surface area contributed by atoms with Gasteiger partial charge in [0.05, 0.1) is 5.56 Å². The highest BCUT2D eigenvalue weighted by molar-refractivity contribution is 5.87. The minimum atomic E-state index is -0.919. The van der Waals surface area contributed by atoms with Crippen molar-refractivity contribution in [1.82, 2.24) is 4.98 Å². The number of pyridine rings is 1. The highest BCUT2D eigenvalue weighted by Gasteiger charge is 2.06. The monoisotopic (exact) mass is 222 g/mol. The molecule has 16 heavy (non-hydrogen) atoms. The normalized spacial score (nSPS) is 16.1. The number of aromatic carboxylic acids is 1. The van der Waals surface area contributed by atoms with Crippen LogP contribution in [-0.4, -0.2) is 22.1 Å². The molecule has 0 aliphatic heterocycles. The van der Waals surface area contributed by atoms with Crippen LogP contribution in [-0.2, 0) is 0 Å². The summed E-state index contributed by atoms with van der Waals surface area (Å²) in [7, 11) is 0. The molecule has 2 rings (SSSR count). The number of hydrogen-bond donors (Lipinski definition) is 2. The van der Waals surface area contributed by atoms with Crippen molar-refractivity contribution in [3.8, 4) is 0 Å². The van der Waals surface area contributed by atoms with E-state index < -0.39 is 5.97 Å². The van der Waals surface area contributed by atoms with E-state index >= 15 is 0 Å². The lowest BCUT2D eigenvalue weighted by Gasteiger charge is -2.15. The molecular formula is C12H18N2O2. The van der Waals surface area contributed by atoms with Crippen LogP contribution in [0.3, 0.4) is 0 Å². The summed E-state index contributed by atoms with van der Waals surface area (Å²) in [6.07, 6.45) is 9.56. The van der Waals surface area contributed by atoms with Crippen LogP contribution in [0.25, 0.3) is 0 Å². The zero-order valence-corrected chi connectivity index (χ0v) is 9.30. The van der Waals surface area contributed by atoms with Crippen LogP contribution in [0.15, 0.2) is 24.5 Å². The SMILES string of the molecule is NC1CCCCC1.O=C(O)c1ccncc1. The molecule has 1 saturated carbocycles. The summed E-state index contributed by atoms with van der Waals surface area (Å²) in [5, 5.41) is 8.36. The molecule has 1 aliphatic rings. The van der Waals surface area contributed by atoms with Crippen LogP contribution in [0.4, 0.5) is 0 Å². The first-order valence-electron chi connectivity index (χ1n) is 5.59. The van der Waals surface area contributed by atoms with Gasteiger partial charge in [0.25, 0.3) is 0 Å². The third-order valence-corrected chi connectivity index (χ3v) is 2.58. The molecule has 0 atom stereocenters. The third kappa shape index (κ3) is 4.89. The van der Waals surface area contributed by atoms with Crippen molar-refractivity contribution in [2.75, 3.05) is 0 Å². The summed E-state index contributed by atoms with van der Waals surface area (Å²) in [5.41, 5.74) is 5.90. The Morgan fingerprint density at radius 1 is 1.25 bits per heavy atom. The Bertz CT molecular complexity index is 308. The van der Waals surface area contributed by atoms with Gasteiger partial charge in [-0.3, -0.25) is 4.98 Å². The Kier molecular flexibility index (Phi) is 5.50. The van der Waals surface area contributed by atoms with Crippen LogP contribution in [0.2, 0.25) is 0 Å². The van der Waals surface area contributed by atoms with E-state index in [1.165, 1.54) is 56.6 Å². The van der Waals surface area contributed by atoms with Crippen molar-refractivity contribution in [3.63, 3.8) is 0 Å². The number of carboxylic acids is 1. The van der Waals surface area contributed by atoms with E-state index in [1.807, 2.05) is 0 Å². The Labute approximate surface area is 95.5 Å². The third-order valence-electron chi connectivity index (χ3n) is 2.58. The van der Waals surface area contributed by atoms with Gasteiger partial charge in [-0.1, -0.05) is 19.3 Å². The van der Waals surface area contributed by atoms with E-state index in [9.17, 15) is 4.79 Å². The van der Waals surface area contributed by atoms with Crippen LogP contribution in [0.1, 0.15) is 42.5 Å². The van der Waals surface area contributed by atoms with Gasteiger partial charge in [-0.2, -0.15) is 0 Å². The number of hydrogen-bond acceptors (Lipinski definition) is 3. The molecule has 0 amide bonds. The van der Waals surface area contributed by atoms with Gasteiger partial charge in [-0.25, -0.2) is 4.79 Å². The maximum atomic E-state index is 10.2. The van der Waals surface area contributed by atoms with Gasteiger partial charge in [-0.05, 0) is 25.0 Å². The van der Waals surface area contributed by atoms with Crippen LogP contribution >= 0.6 is 0 Å². The molecule has 3 N–H and O–H groups in total. The van der Waals surface area contributed by atoms with E-state index in [-0.39, 0.29) is 5.56 Å². The second-order valence-electron chi connectivity index (χ2n) is 3.94. The Balaban J connectivity index is 0.000000165. The zero-order chi connectivity index (χ0) is 11.8. The topological polar surface area (TPSA) is 76.2 Å². The van der Waals surface area contributed by atoms with E-state index in [4.69, 9.17) is 10.8 Å². The number of rotatable bonds is 1. The largest absolute Gasteiger partial charge is 0.478 e. The van der Waals surface area contributed by atoms with E-state index in [2.05, 4.69) is 4.98 Å². The predicted octanol–water partition coefficient (Wildman–Crippen LogP) is 2.06. The number of nitrogens with zero attached hydrogens (tertiary/aromatic N) is 1. The number of aromatic nitrogens is 1. The maximum Gasteiger partial charge on any atom is 0.335 e. The van der Waals surface area contributed by atoms with Crippen molar-refractivity contribution < 1.29 is 9.90 Å².